The van der Waals surface area contributed by atoms with E-state index in [1.54, 1.807) is 0 Å². The van der Waals surface area contributed by atoms with E-state index in [1.165, 1.54) is 38.5 Å². The second-order valence-electron chi connectivity index (χ2n) is 5.86. The summed E-state index contributed by atoms with van der Waals surface area (Å²) >= 11 is 2.35. The number of imidazole rings is 1. The molecule has 0 bridgehead atoms. The maximum Gasteiger partial charge on any atom is 0.301 e. The van der Waals surface area contributed by atoms with E-state index in [1.807, 2.05) is 0 Å². The summed E-state index contributed by atoms with van der Waals surface area (Å²) in [4.78, 5) is 0. The van der Waals surface area contributed by atoms with Crippen LogP contribution in [0.25, 0.3) is 37.2 Å². The molecule has 24 heavy (non-hydrogen) atoms. The zero-order valence-corrected chi connectivity index (χ0v) is 15.0. The van der Waals surface area contributed by atoms with Crippen molar-refractivity contribution in [1.29, 1.82) is 0 Å². The van der Waals surface area contributed by atoms with Crippen molar-refractivity contribution in [2.75, 3.05) is 0 Å². The van der Waals surface area contributed by atoms with Gasteiger partial charge in [0.25, 0.3) is 0 Å². The molecule has 0 aliphatic carbocycles. The van der Waals surface area contributed by atoms with Crippen LogP contribution in [0, 0.1) is 0 Å². The number of aromatic nitrogens is 2. The lowest BCUT2D eigenvalue weighted by Gasteiger charge is -1.98. The van der Waals surface area contributed by atoms with E-state index in [9.17, 15) is 0 Å². The van der Waals surface area contributed by atoms with E-state index in [2.05, 4.69) is 115 Å². The van der Waals surface area contributed by atoms with Gasteiger partial charge in [0.05, 0.1) is 5.39 Å². The SMILES string of the molecule is I/C=c1\c2ccccc2c2n1c1ccccc1[n+]2-c1ccccc1. The fourth-order valence-electron chi connectivity index (χ4n) is 3.62. The molecule has 114 valence electrons. The molecule has 0 saturated heterocycles. The number of benzene rings is 3. The Labute approximate surface area is 152 Å². The molecule has 5 rings (SSSR count). The predicted molar refractivity (Wildman–Crippen MR) is 108 cm³/mol. The number of hydrogen-bond donors (Lipinski definition) is 0. The van der Waals surface area contributed by atoms with E-state index < -0.39 is 0 Å². The van der Waals surface area contributed by atoms with Crippen molar-refractivity contribution < 1.29 is 4.57 Å². The summed E-state index contributed by atoms with van der Waals surface area (Å²) in [7, 11) is 0. The zero-order chi connectivity index (χ0) is 16.1. The van der Waals surface area contributed by atoms with Crippen molar-refractivity contribution >= 4 is 54.1 Å². The summed E-state index contributed by atoms with van der Waals surface area (Å²) < 4.78 is 6.91. The minimum absolute atomic E-state index is 1.19. The molecule has 0 radical (unpaired) electrons. The van der Waals surface area contributed by atoms with Crippen LogP contribution in [0.1, 0.15) is 0 Å². The summed E-state index contributed by atoms with van der Waals surface area (Å²) in [6.45, 7) is 0. The molecule has 0 amide bonds. The van der Waals surface area contributed by atoms with Gasteiger partial charge in [0.15, 0.2) is 11.0 Å². The lowest BCUT2D eigenvalue weighted by Crippen LogP contribution is -2.30. The van der Waals surface area contributed by atoms with Gasteiger partial charge in [0, 0.05) is 9.47 Å². The number of hydrogen-bond acceptors (Lipinski definition) is 0. The molecule has 5 aromatic rings. The van der Waals surface area contributed by atoms with Crippen molar-refractivity contribution in [3.63, 3.8) is 0 Å². The van der Waals surface area contributed by atoms with Crippen molar-refractivity contribution in [3.8, 4) is 5.69 Å². The number of fused-ring (bicyclic) bond motifs is 5. The van der Waals surface area contributed by atoms with Gasteiger partial charge in [-0.2, -0.15) is 8.97 Å². The molecule has 0 saturated carbocycles. The molecule has 0 aliphatic heterocycles. The van der Waals surface area contributed by atoms with E-state index >= 15 is 0 Å². The van der Waals surface area contributed by atoms with Gasteiger partial charge >= 0.3 is 5.65 Å². The van der Waals surface area contributed by atoms with Crippen LogP contribution in [0.5, 0.6) is 0 Å². The third-order valence-electron chi connectivity index (χ3n) is 4.59. The summed E-state index contributed by atoms with van der Waals surface area (Å²) in [5.74, 6) is 0. The first-order chi connectivity index (χ1) is 11.9. The Balaban J connectivity index is 2.16. The third kappa shape index (κ3) is 1.79. The van der Waals surface area contributed by atoms with Crippen molar-refractivity contribution in [1.82, 2.24) is 4.40 Å². The Hall–Kier alpha value is -2.40. The smallest absolute Gasteiger partial charge is 0.188 e. The molecular formula is C21H14IN2+. The Morgan fingerprint density at radius 3 is 2.21 bits per heavy atom. The Morgan fingerprint density at radius 2 is 1.42 bits per heavy atom. The largest absolute Gasteiger partial charge is 0.301 e. The van der Waals surface area contributed by atoms with Gasteiger partial charge in [-0.3, -0.25) is 0 Å². The summed E-state index contributed by atoms with van der Waals surface area (Å²) in [6.07, 6.45) is 0. The molecule has 2 nitrogen and oxygen atoms in total. The van der Waals surface area contributed by atoms with Gasteiger partial charge in [-0.25, -0.2) is 0 Å². The van der Waals surface area contributed by atoms with Crippen LogP contribution in [-0.2, 0) is 0 Å². The fourth-order valence-corrected chi connectivity index (χ4v) is 4.24. The van der Waals surface area contributed by atoms with Crippen LogP contribution >= 0.6 is 22.6 Å². The number of nitrogens with zero attached hydrogens (tertiary/aromatic N) is 2. The average Bonchev–Trinajstić information content (AvgIpc) is 3.15. The first kappa shape index (κ1) is 14.0. The normalized spacial score (nSPS) is 12.6. The van der Waals surface area contributed by atoms with Gasteiger partial charge in [0.1, 0.15) is 11.0 Å². The topological polar surface area (TPSA) is 8.29 Å². The van der Waals surface area contributed by atoms with Crippen LogP contribution in [0.2, 0.25) is 0 Å². The molecule has 2 aromatic heterocycles. The second-order valence-corrected chi connectivity index (χ2v) is 6.48. The molecule has 0 aliphatic rings. The summed E-state index contributed by atoms with van der Waals surface area (Å²) in [6, 6.07) is 27.8. The third-order valence-corrected chi connectivity index (χ3v) is 5.18. The lowest BCUT2D eigenvalue weighted by atomic mass is 10.2. The first-order valence-corrected chi connectivity index (χ1v) is 9.16. The van der Waals surface area contributed by atoms with E-state index in [0.29, 0.717) is 0 Å². The van der Waals surface area contributed by atoms with Gasteiger partial charge < -0.3 is 0 Å². The average molecular weight is 421 g/mol. The molecule has 0 spiro atoms. The van der Waals surface area contributed by atoms with Crippen LogP contribution in [0.15, 0.2) is 78.9 Å². The predicted octanol–water partition coefficient (Wildman–Crippen LogP) is 4.41. The molecule has 2 heterocycles. The molecule has 3 aromatic carbocycles. The number of para-hydroxylation sites is 3. The lowest BCUT2D eigenvalue weighted by molar-refractivity contribution is -0.537. The Kier molecular flexibility index (Phi) is 3.10. The fraction of sp³-hybridized carbons (Fsp3) is 0. The van der Waals surface area contributed by atoms with Crippen LogP contribution in [0.3, 0.4) is 0 Å². The van der Waals surface area contributed by atoms with Crippen molar-refractivity contribution in [2.24, 2.45) is 0 Å². The standard InChI is InChI=1S/C21H14IN2/c22-14-20-16-10-4-5-11-17(16)21-23(15-8-2-1-3-9-15)18-12-6-7-13-19(18)24(20)21/h1-14H/q+1/b20-14+. The minimum atomic E-state index is 1.19. The van der Waals surface area contributed by atoms with Gasteiger partial charge in [-0.15, -0.1) is 0 Å². The number of rotatable bonds is 1. The van der Waals surface area contributed by atoms with Crippen LogP contribution in [-0.4, -0.2) is 4.40 Å². The minimum Gasteiger partial charge on any atom is -0.188 e. The highest BCUT2D eigenvalue weighted by Gasteiger charge is 2.26. The summed E-state index contributed by atoms with van der Waals surface area (Å²) in [5.41, 5.74) is 4.87. The highest BCUT2D eigenvalue weighted by Crippen LogP contribution is 2.23. The van der Waals surface area contributed by atoms with E-state index in [0.717, 1.165) is 0 Å². The highest BCUT2D eigenvalue weighted by molar-refractivity contribution is 14.1. The Bertz CT molecular complexity index is 1250. The molecule has 0 fully saturated rings. The first-order valence-electron chi connectivity index (χ1n) is 7.91. The molecule has 0 atom stereocenters. The molecular weight excluding hydrogens is 407 g/mol. The van der Waals surface area contributed by atoms with E-state index in [-0.39, 0.29) is 0 Å². The zero-order valence-electron chi connectivity index (χ0n) is 12.9. The monoisotopic (exact) mass is 421 g/mol. The maximum atomic E-state index is 2.37. The van der Waals surface area contributed by atoms with Gasteiger partial charge in [0.2, 0.25) is 0 Å². The highest BCUT2D eigenvalue weighted by atomic mass is 127. The second kappa shape index (κ2) is 5.31. The number of halogens is 1. The van der Waals surface area contributed by atoms with Crippen LogP contribution in [0.4, 0.5) is 0 Å². The van der Waals surface area contributed by atoms with Crippen molar-refractivity contribution in [3.05, 3.63) is 84.2 Å². The van der Waals surface area contributed by atoms with Gasteiger partial charge in [-0.1, -0.05) is 42.5 Å². The van der Waals surface area contributed by atoms with Crippen molar-refractivity contribution in [2.45, 2.75) is 0 Å². The quantitative estimate of drug-likeness (QED) is 0.280. The Morgan fingerprint density at radius 1 is 0.750 bits per heavy atom. The molecule has 0 unspecified atom stereocenters. The van der Waals surface area contributed by atoms with Crippen LogP contribution < -0.4 is 9.92 Å². The van der Waals surface area contributed by atoms with E-state index in [4.69, 9.17) is 0 Å². The summed E-state index contributed by atoms with van der Waals surface area (Å²) in [5, 5.41) is 3.81. The molecule has 3 heteroatoms. The molecule has 0 N–H and O–H groups in total. The van der Waals surface area contributed by atoms with Gasteiger partial charge in [-0.05, 0) is 59.0 Å². The maximum absolute atomic E-state index is 2.37.